The van der Waals surface area contributed by atoms with Crippen molar-refractivity contribution in [2.45, 2.75) is 25.7 Å². The molecule has 1 fully saturated rings. The average Bonchev–Trinajstić information content (AvgIpc) is 2.96. The fourth-order valence-electron chi connectivity index (χ4n) is 3.16. The predicted octanol–water partition coefficient (Wildman–Crippen LogP) is 2.87. The summed E-state index contributed by atoms with van der Waals surface area (Å²) in [6, 6.07) is 3.79. The van der Waals surface area contributed by atoms with Gasteiger partial charge in [-0.05, 0) is 37.8 Å². The van der Waals surface area contributed by atoms with Crippen LogP contribution in [-0.4, -0.2) is 27.3 Å². The van der Waals surface area contributed by atoms with Crippen molar-refractivity contribution >= 4 is 21.9 Å². The number of hydrogen-bond acceptors (Lipinski definition) is 4. The zero-order chi connectivity index (χ0) is 14.6. The molecule has 2 aromatic rings. The molecule has 0 aromatic carbocycles. The first-order valence-corrected chi connectivity index (χ1v) is 7.89. The summed E-state index contributed by atoms with van der Waals surface area (Å²) in [6.45, 7) is 2.17. The zero-order valence-corrected chi connectivity index (χ0v) is 13.1. The van der Waals surface area contributed by atoms with Gasteiger partial charge in [0.1, 0.15) is 0 Å². The third-order valence-electron chi connectivity index (χ3n) is 4.16. The molecule has 2 aliphatic rings. The Kier molecular flexibility index (Phi) is 2.89. The van der Waals surface area contributed by atoms with Crippen molar-refractivity contribution in [2.24, 2.45) is 5.92 Å². The topological polar surface area (TPSA) is 57.0 Å². The molecule has 6 heteroatoms. The Hall–Kier alpha value is -1.69. The molecule has 0 N–H and O–H groups in total. The van der Waals surface area contributed by atoms with Crippen molar-refractivity contribution in [1.29, 1.82) is 0 Å². The van der Waals surface area contributed by atoms with Crippen LogP contribution in [0.15, 0.2) is 22.8 Å². The van der Waals surface area contributed by atoms with Gasteiger partial charge in [-0.15, -0.1) is 0 Å². The van der Waals surface area contributed by atoms with Gasteiger partial charge in [0.25, 0.3) is 0 Å². The normalized spacial score (nSPS) is 21.8. The molecule has 0 radical (unpaired) electrons. The van der Waals surface area contributed by atoms with Gasteiger partial charge >= 0.3 is 5.97 Å². The molecular formula is C15H14BrN3O2. The van der Waals surface area contributed by atoms with E-state index in [0.717, 1.165) is 28.0 Å². The first-order valence-electron chi connectivity index (χ1n) is 7.10. The highest BCUT2D eigenvalue weighted by atomic mass is 79.9. The van der Waals surface area contributed by atoms with Crippen LogP contribution in [0.2, 0.25) is 0 Å². The fraction of sp³-hybridized carbons (Fsp3) is 0.400. The number of fused-ring (bicyclic) bond motifs is 3. The highest BCUT2D eigenvalue weighted by Crippen LogP contribution is 2.57. The van der Waals surface area contributed by atoms with Crippen LogP contribution in [0.25, 0.3) is 5.82 Å². The Labute approximate surface area is 130 Å². The van der Waals surface area contributed by atoms with Crippen LogP contribution < -0.4 is 0 Å². The Morgan fingerprint density at radius 1 is 1.57 bits per heavy atom. The number of hydrogen-bond donors (Lipinski definition) is 0. The van der Waals surface area contributed by atoms with E-state index in [1.807, 2.05) is 23.7 Å². The quantitative estimate of drug-likeness (QED) is 0.801. The lowest BCUT2D eigenvalue weighted by atomic mass is 10.1. The van der Waals surface area contributed by atoms with Crippen LogP contribution in [0.1, 0.15) is 41.0 Å². The predicted molar refractivity (Wildman–Crippen MR) is 79.6 cm³/mol. The fourth-order valence-corrected chi connectivity index (χ4v) is 3.49. The molecular weight excluding hydrogens is 334 g/mol. The molecule has 2 aliphatic carbocycles. The highest BCUT2D eigenvalue weighted by Gasteiger charge is 2.50. The smallest absolute Gasteiger partial charge is 0.359 e. The SMILES string of the molecule is CCOC(=O)c1nn(-c2cc(Br)ccn2)c2c1C[C@H]1C[C@@H]21. The van der Waals surface area contributed by atoms with Crippen LogP contribution in [-0.2, 0) is 11.2 Å². The van der Waals surface area contributed by atoms with Gasteiger partial charge in [-0.2, -0.15) is 5.10 Å². The van der Waals surface area contributed by atoms with Gasteiger partial charge in [0.2, 0.25) is 0 Å². The monoisotopic (exact) mass is 347 g/mol. The van der Waals surface area contributed by atoms with Gasteiger partial charge in [0.05, 0.1) is 12.3 Å². The van der Waals surface area contributed by atoms with Crippen molar-refractivity contribution in [2.75, 3.05) is 6.61 Å². The molecule has 108 valence electrons. The van der Waals surface area contributed by atoms with Gasteiger partial charge in [0, 0.05) is 22.2 Å². The van der Waals surface area contributed by atoms with Crippen LogP contribution in [0.5, 0.6) is 0 Å². The number of esters is 1. The number of nitrogens with zero attached hydrogens (tertiary/aromatic N) is 3. The second kappa shape index (κ2) is 4.66. The van der Waals surface area contributed by atoms with Gasteiger partial charge < -0.3 is 4.74 Å². The molecule has 5 nitrogen and oxygen atoms in total. The van der Waals surface area contributed by atoms with E-state index in [1.165, 1.54) is 6.42 Å². The summed E-state index contributed by atoms with van der Waals surface area (Å²) in [7, 11) is 0. The number of aromatic nitrogens is 3. The molecule has 4 rings (SSSR count). The molecule has 0 aliphatic heterocycles. The van der Waals surface area contributed by atoms with E-state index >= 15 is 0 Å². The summed E-state index contributed by atoms with van der Waals surface area (Å²) in [5.74, 6) is 1.61. The Balaban J connectivity index is 1.85. The number of carbonyl (C=O) groups is 1. The van der Waals surface area contributed by atoms with E-state index < -0.39 is 0 Å². The van der Waals surface area contributed by atoms with Crippen LogP contribution >= 0.6 is 15.9 Å². The number of ether oxygens (including phenoxy) is 1. The second-order valence-electron chi connectivity index (χ2n) is 5.48. The van der Waals surface area contributed by atoms with E-state index in [4.69, 9.17) is 4.74 Å². The van der Waals surface area contributed by atoms with Crippen LogP contribution in [0, 0.1) is 5.92 Å². The summed E-state index contributed by atoms with van der Waals surface area (Å²) in [5.41, 5.74) is 2.66. The minimum absolute atomic E-state index is 0.330. The van der Waals surface area contributed by atoms with Crippen molar-refractivity contribution in [3.05, 3.63) is 39.8 Å². The minimum atomic E-state index is -0.330. The van der Waals surface area contributed by atoms with Crippen LogP contribution in [0.3, 0.4) is 0 Å². The Morgan fingerprint density at radius 3 is 3.19 bits per heavy atom. The molecule has 1 saturated carbocycles. The van der Waals surface area contributed by atoms with E-state index in [9.17, 15) is 4.79 Å². The maximum atomic E-state index is 12.1. The first-order chi connectivity index (χ1) is 10.2. The lowest BCUT2D eigenvalue weighted by Gasteiger charge is -2.05. The molecule has 2 heterocycles. The highest BCUT2D eigenvalue weighted by molar-refractivity contribution is 9.10. The molecule has 0 amide bonds. The maximum absolute atomic E-state index is 12.1. The van der Waals surface area contributed by atoms with E-state index in [1.54, 1.807) is 6.20 Å². The Morgan fingerprint density at radius 2 is 2.43 bits per heavy atom. The van der Waals surface area contributed by atoms with Gasteiger partial charge in [0.15, 0.2) is 11.5 Å². The zero-order valence-electron chi connectivity index (χ0n) is 11.5. The standard InChI is InChI=1S/C15H14BrN3O2/c1-2-21-15(20)13-11-6-8-5-10(8)14(11)19(18-13)12-7-9(16)3-4-17-12/h3-4,7-8,10H,2,5-6H2,1H3/t8-,10-/m1/s1. The largest absolute Gasteiger partial charge is 0.461 e. The lowest BCUT2D eigenvalue weighted by Crippen LogP contribution is -2.09. The third kappa shape index (κ3) is 2.00. The molecule has 0 saturated heterocycles. The summed E-state index contributed by atoms with van der Waals surface area (Å²) in [5, 5.41) is 4.50. The third-order valence-corrected chi connectivity index (χ3v) is 4.65. The molecule has 21 heavy (non-hydrogen) atoms. The van der Waals surface area contributed by atoms with Crippen LogP contribution in [0.4, 0.5) is 0 Å². The van der Waals surface area contributed by atoms with E-state index in [0.29, 0.717) is 24.1 Å². The minimum Gasteiger partial charge on any atom is -0.461 e. The number of carbonyl (C=O) groups excluding carboxylic acids is 1. The number of pyridine rings is 1. The summed E-state index contributed by atoms with van der Waals surface area (Å²) in [6.07, 6.45) is 3.86. The molecule has 0 bridgehead atoms. The second-order valence-corrected chi connectivity index (χ2v) is 6.40. The van der Waals surface area contributed by atoms with Gasteiger partial charge in [-0.1, -0.05) is 15.9 Å². The van der Waals surface area contributed by atoms with Crippen molar-refractivity contribution < 1.29 is 9.53 Å². The summed E-state index contributed by atoms with van der Waals surface area (Å²) < 4.78 is 7.90. The Bertz CT molecular complexity index is 741. The van der Waals surface area contributed by atoms with E-state index in [2.05, 4.69) is 26.0 Å². The average molecular weight is 348 g/mol. The summed E-state index contributed by atoms with van der Waals surface area (Å²) >= 11 is 3.45. The van der Waals surface area contributed by atoms with Gasteiger partial charge in [-0.25, -0.2) is 14.5 Å². The number of halogens is 1. The molecule has 2 aromatic heterocycles. The van der Waals surface area contributed by atoms with E-state index in [-0.39, 0.29) is 5.97 Å². The maximum Gasteiger partial charge on any atom is 0.359 e. The number of rotatable bonds is 3. The van der Waals surface area contributed by atoms with Gasteiger partial charge in [-0.3, -0.25) is 0 Å². The van der Waals surface area contributed by atoms with Crippen molar-refractivity contribution in [3.8, 4) is 5.82 Å². The first kappa shape index (κ1) is 13.0. The molecule has 0 spiro atoms. The van der Waals surface area contributed by atoms with Crippen molar-refractivity contribution in [3.63, 3.8) is 0 Å². The summed E-state index contributed by atoms with van der Waals surface area (Å²) in [4.78, 5) is 16.5. The van der Waals surface area contributed by atoms with Crippen molar-refractivity contribution in [1.82, 2.24) is 14.8 Å². The molecule has 2 atom stereocenters. The lowest BCUT2D eigenvalue weighted by molar-refractivity contribution is 0.0517. The molecule has 0 unspecified atom stereocenters.